The number of hydrogen-bond donors (Lipinski definition) is 7. The lowest BCUT2D eigenvalue weighted by atomic mass is 9.99. The summed E-state index contributed by atoms with van der Waals surface area (Å²) < 4.78 is 20.5. The first-order valence-corrected chi connectivity index (χ1v) is 11.3. The molecule has 0 spiro atoms. The molecule has 13 heteroatoms. The van der Waals surface area contributed by atoms with E-state index in [4.69, 9.17) is 14.2 Å². The molecule has 1 aliphatic rings. The summed E-state index contributed by atoms with van der Waals surface area (Å²) in [5, 5.41) is 68.4. The van der Waals surface area contributed by atoms with Crippen molar-refractivity contribution < 1.29 is 64.3 Å². The number of benzene rings is 2. The second-order valence-electron chi connectivity index (χ2n) is 8.35. The topological polar surface area (TPSA) is 213 Å². The number of rotatable bonds is 9. The van der Waals surface area contributed by atoms with Crippen LogP contribution in [0.4, 0.5) is 0 Å². The van der Waals surface area contributed by atoms with Crippen LogP contribution in [0.25, 0.3) is 6.08 Å². The van der Waals surface area contributed by atoms with Crippen LogP contribution in [-0.4, -0.2) is 98.2 Å². The summed E-state index contributed by atoms with van der Waals surface area (Å²) in [6.07, 6.45) is -6.95. The molecular formula is C25H28O13. The van der Waals surface area contributed by atoms with Gasteiger partial charge in [0.2, 0.25) is 12.4 Å². The van der Waals surface area contributed by atoms with Crippen LogP contribution in [0, 0.1) is 0 Å². The minimum absolute atomic E-state index is 0.142. The van der Waals surface area contributed by atoms with Crippen LogP contribution < -0.4 is 4.74 Å². The van der Waals surface area contributed by atoms with Crippen molar-refractivity contribution in [1.29, 1.82) is 0 Å². The zero-order valence-corrected chi connectivity index (χ0v) is 20.1. The molecule has 13 nitrogen and oxygen atoms in total. The number of ether oxygens (including phenoxy) is 4. The number of hydrogen-bond acceptors (Lipinski definition) is 13. The van der Waals surface area contributed by atoms with Gasteiger partial charge in [-0.05, 0) is 41.5 Å². The van der Waals surface area contributed by atoms with E-state index in [0.717, 1.165) is 13.2 Å². The highest BCUT2D eigenvalue weighted by Crippen LogP contribution is 2.32. The number of carbonyl (C=O) groups is 2. The lowest BCUT2D eigenvalue weighted by Gasteiger charge is -2.39. The van der Waals surface area contributed by atoms with E-state index in [2.05, 4.69) is 4.74 Å². The minimum atomic E-state index is -1.70. The van der Waals surface area contributed by atoms with E-state index >= 15 is 0 Å². The maximum atomic E-state index is 12.4. The van der Waals surface area contributed by atoms with E-state index in [1.807, 2.05) is 0 Å². The molecular weight excluding hydrogens is 508 g/mol. The molecule has 0 saturated carbocycles. The number of aliphatic hydroxyl groups excluding tert-OH is 4. The first-order chi connectivity index (χ1) is 18.0. The number of aromatic hydroxyl groups is 3. The Balaban J connectivity index is 1.69. The average molecular weight is 536 g/mol. The van der Waals surface area contributed by atoms with Gasteiger partial charge in [0.05, 0.1) is 13.7 Å². The second-order valence-corrected chi connectivity index (χ2v) is 8.35. The number of aliphatic hydroxyl groups is 4. The lowest BCUT2D eigenvalue weighted by molar-refractivity contribution is -0.277. The van der Waals surface area contributed by atoms with Gasteiger partial charge in [-0.15, -0.1) is 0 Å². The van der Waals surface area contributed by atoms with Gasteiger partial charge in [0, 0.05) is 12.5 Å². The maximum Gasteiger partial charge on any atom is 0.347 e. The summed E-state index contributed by atoms with van der Waals surface area (Å²) in [6.45, 7) is -0.665. The SMILES string of the molecule is COC(=O)C(Cc1ccc(O)c(O)c1)OC(=O)/C=C\c1ccc(O)c(OC2OC(CO)C(O)C(O)C2O)c1. The number of esters is 2. The van der Waals surface area contributed by atoms with Gasteiger partial charge in [0.15, 0.2) is 23.0 Å². The van der Waals surface area contributed by atoms with Crippen LogP contribution in [-0.2, 0) is 30.2 Å². The number of carbonyl (C=O) groups excluding carboxylic acids is 2. The Bertz CT molecular complexity index is 1160. The molecule has 7 N–H and O–H groups in total. The van der Waals surface area contributed by atoms with Crippen molar-refractivity contribution >= 4 is 18.0 Å². The van der Waals surface area contributed by atoms with Gasteiger partial charge in [0.1, 0.15) is 24.4 Å². The number of phenols is 3. The Labute approximate surface area is 216 Å². The summed E-state index contributed by atoms with van der Waals surface area (Å²) in [7, 11) is 1.11. The molecule has 3 rings (SSSR count). The molecule has 1 heterocycles. The molecule has 1 aliphatic heterocycles. The van der Waals surface area contributed by atoms with E-state index < -0.39 is 61.1 Å². The zero-order chi connectivity index (χ0) is 28.0. The molecule has 0 aromatic heterocycles. The molecule has 0 amide bonds. The van der Waals surface area contributed by atoms with Crippen LogP contribution in [0.1, 0.15) is 11.1 Å². The summed E-state index contributed by atoms with van der Waals surface area (Å²) in [5.41, 5.74) is 0.707. The van der Waals surface area contributed by atoms with Crippen LogP contribution in [0.5, 0.6) is 23.0 Å². The maximum absolute atomic E-state index is 12.4. The summed E-state index contributed by atoms with van der Waals surface area (Å²) >= 11 is 0. The molecule has 2 aromatic rings. The van der Waals surface area contributed by atoms with Crippen molar-refractivity contribution in [3.8, 4) is 23.0 Å². The van der Waals surface area contributed by atoms with E-state index in [9.17, 15) is 45.3 Å². The second kappa shape index (κ2) is 12.6. The average Bonchev–Trinajstić information content (AvgIpc) is 2.90. The molecule has 0 aliphatic carbocycles. The first-order valence-electron chi connectivity index (χ1n) is 11.3. The zero-order valence-electron chi connectivity index (χ0n) is 20.1. The van der Waals surface area contributed by atoms with Crippen molar-refractivity contribution in [2.24, 2.45) is 0 Å². The predicted octanol–water partition coefficient (Wildman–Crippen LogP) is -0.677. The van der Waals surface area contributed by atoms with Crippen LogP contribution in [0.15, 0.2) is 42.5 Å². The Morgan fingerprint density at radius 3 is 2.34 bits per heavy atom. The molecule has 38 heavy (non-hydrogen) atoms. The number of methoxy groups -OCH3 is 1. The Morgan fingerprint density at radius 2 is 1.68 bits per heavy atom. The van der Waals surface area contributed by atoms with E-state index in [1.165, 1.54) is 42.5 Å². The van der Waals surface area contributed by atoms with Crippen molar-refractivity contribution in [2.45, 2.75) is 43.2 Å². The van der Waals surface area contributed by atoms with Gasteiger partial charge in [0.25, 0.3) is 0 Å². The fourth-order valence-electron chi connectivity index (χ4n) is 3.58. The van der Waals surface area contributed by atoms with E-state index in [-0.39, 0.29) is 23.7 Å². The Hall–Kier alpha value is -3.88. The van der Waals surface area contributed by atoms with Crippen molar-refractivity contribution in [3.05, 3.63) is 53.6 Å². The van der Waals surface area contributed by atoms with Crippen LogP contribution in [0.3, 0.4) is 0 Å². The van der Waals surface area contributed by atoms with Gasteiger partial charge in [-0.25, -0.2) is 9.59 Å². The van der Waals surface area contributed by atoms with Crippen LogP contribution >= 0.6 is 0 Å². The molecule has 1 fully saturated rings. The highest BCUT2D eigenvalue weighted by atomic mass is 16.7. The largest absolute Gasteiger partial charge is 0.504 e. The van der Waals surface area contributed by atoms with Gasteiger partial charge >= 0.3 is 11.9 Å². The van der Waals surface area contributed by atoms with Gasteiger partial charge in [-0.3, -0.25) is 0 Å². The number of phenolic OH excluding ortho intramolecular Hbond substituents is 3. The van der Waals surface area contributed by atoms with E-state index in [1.54, 1.807) is 0 Å². The highest BCUT2D eigenvalue weighted by Gasteiger charge is 2.44. The molecule has 1 saturated heterocycles. The third kappa shape index (κ3) is 6.90. The Kier molecular flexibility index (Phi) is 9.50. The minimum Gasteiger partial charge on any atom is -0.504 e. The highest BCUT2D eigenvalue weighted by molar-refractivity contribution is 5.89. The standard InChI is InChI=1S/C25H28O13/c1-35-24(34)18(10-13-3-5-14(27)16(29)8-13)36-20(30)7-4-12-2-6-15(28)17(9-12)37-25-23(33)22(32)21(31)19(11-26)38-25/h2-9,18-19,21-23,25-29,31-33H,10-11H2,1H3/b7-4-. The first kappa shape index (κ1) is 28.7. The van der Waals surface area contributed by atoms with Crippen molar-refractivity contribution in [2.75, 3.05) is 13.7 Å². The fraction of sp³-hybridized carbons (Fsp3) is 0.360. The summed E-state index contributed by atoms with van der Waals surface area (Å²) in [5.74, 6) is -3.11. The summed E-state index contributed by atoms with van der Waals surface area (Å²) in [6, 6.07) is 7.77. The fourth-order valence-corrected chi connectivity index (χ4v) is 3.58. The monoisotopic (exact) mass is 536 g/mol. The van der Waals surface area contributed by atoms with E-state index in [0.29, 0.717) is 11.1 Å². The quantitative estimate of drug-likeness (QED) is 0.120. The molecule has 0 bridgehead atoms. The van der Waals surface area contributed by atoms with Gasteiger partial charge < -0.3 is 54.7 Å². The lowest BCUT2D eigenvalue weighted by Crippen LogP contribution is -2.60. The molecule has 2 aromatic carbocycles. The molecule has 6 atom stereocenters. The molecule has 0 radical (unpaired) electrons. The van der Waals surface area contributed by atoms with Crippen molar-refractivity contribution in [3.63, 3.8) is 0 Å². The smallest absolute Gasteiger partial charge is 0.347 e. The van der Waals surface area contributed by atoms with Gasteiger partial charge in [-0.1, -0.05) is 12.1 Å². The van der Waals surface area contributed by atoms with Gasteiger partial charge in [-0.2, -0.15) is 0 Å². The normalized spacial score (nSPS) is 24.1. The third-order valence-corrected chi connectivity index (χ3v) is 5.67. The third-order valence-electron chi connectivity index (χ3n) is 5.67. The summed E-state index contributed by atoms with van der Waals surface area (Å²) in [4.78, 5) is 24.5. The predicted molar refractivity (Wildman–Crippen MR) is 127 cm³/mol. The van der Waals surface area contributed by atoms with Crippen molar-refractivity contribution in [1.82, 2.24) is 0 Å². The molecule has 6 unspecified atom stereocenters. The Morgan fingerprint density at radius 1 is 0.974 bits per heavy atom. The van der Waals surface area contributed by atoms with Crippen LogP contribution in [0.2, 0.25) is 0 Å². The molecule has 206 valence electrons.